The van der Waals surface area contributed by atoms with E-state index in [1.54, 1.807) is 11.8 Å². The highest BCUT2D eigenvalue weighted by Crippen LogP contribution is 2.32. The Balaban J connectivity index is 1.70. The van der Waals surface area contributed by atoms with Gasteiger partial charge in [0.2, 0.25) is 5.91 Å². The monoisotopic (exact) mass is 356 g/mol. The molecule has 0 spiro atoms. The zero-order valence-corrected chi connectivity index (χ0v) is 15.6. The molecule has 1 heterocycles. The van der Waals surface area contributed by atoms with Crippen LogP contribution in [0.2, 0.25) is 0 Å². The van der Waals surface area contributed by atoms with Crippen molar-refractivity contribution in [2.24, 2.45) is 0 Å². The van der Waals surface area contributed by atoms with E-state index in [0.29, 0.717) is 17.5 Å². The Hall–Kier alpha value is -1.85. The fourth-order valence-electron chi connectivity index (χ4n) is 2.51. The van der Waals surface area contributed by atoms with Gasteiger partial charge in [0.05, 0.1) is 16.6 Å². The van der Waals surface area contributed by atoms with Crippen LogP contribution in [-0.2, 0) is 11.2 Å². The molecule has 1 amide bonds. The first-order chi connectivity index (χ1) is 11.6. The van der Waals surface area contributed by atoms with Crippen molar-refractivity contribution in [1.29, 1.82) is 0 Å². The molecule has 0 aliphatic rings. The number of anilines is 1. The van der Waals surface area contributed by atoms with E-state index >= 15 is 0 Å². The van der Waals surface area contributed by atoms with Gasteiger partial charge in [-0.15, -0.1) is 11.8 Å². The Morgan fingerprint density at radius 2 is 1.96 bits per heavy atom. The first-order valence-corrected chi connectivity index (χ1v) is 9.93. The van der Waals surface area contributed by atoms with E-state index in [1.807, 2.05) is 30.5 Å². The summed E-state index contributed by atoms with van der Waals surface area (Å²) in [6.07, 6.45) is 2.40. The molecule has 1 N–H and O–H groups in total. The number of carbonyl (C=O) groups is 1. The van der Waals surface area contributed by atoms with Gasteiger partial charge in [0.25, 0.3) is 0 Å². The standard InChI is InChI=1S/C19H20N2OS2/c1-12(2)14-9-7-13(8-10-14)11-17(22)20-19-21-18-15(23-3)5-4-6-16(18)24-19/h4-10,12H,11H2,1-3H3,(H,20,21,22). The van der Waals surface area contributed by atoms with E-state index in [0.717, 1.165) is 20.7 Å². The lowest BCUT2D eigenvalue weighted by atomic mass is 10.0. The fraction of sp³-hybridized carbons (Fsp3) is 0.263. The summed E-state index contributed by atoms with van der Waals surface area (Å²) in [5.74, 6) is 0.471. The number of carbonyl (C=O) groups excluding carboxylic acids is 1. The molecular weight excluding hydrogens is 336 g/mol. The molecule has 5 heteroatoms. The highest BCUT2D eigenvalue weighted by molar-refractivity contribution is 7.98. The molecule has 0 aliphatic heterocycles. The van der Waals surface area contributed by atoms with Crippen molar-refractivity contribution < 1.29 is 4.79 Å². The number of rotatable bonds is 5. The van der Waals surface area contributed by atoms with Gasteiger partial charge in [-0.05, 0) is 35.4 Å². The van der Waals surface area contributed by atoms with Crippen LogP contribution < -0.4 is 5.32 Å². The van der Waals surface area contributed by atoms with Gasteiger partial charge in [0.15, 0.2) is 5.13 Å². The van der Waals surface area contributed by atoms with Crippen LogP contribution in [0.5, 0.6) is 0 Å². The number of nitrogens with one attached hydrogen (secondary N) is 1. The average molecular weight is 357 g/mol. The minimum absolute atomic E-state index is 0.0305. The second-order valence-electron chi connectivity index (χ2n) is 5.95. The van der Waals surface area contributed by atoms with Crippen LogP contribution in [0.15, 0.2) is 47.4 Å². The maximum atomic E-state index is 12.3. The van der Waals surface area contributed by atoms with Crippen LogP contribution in [0, 0.1) is 0 Å². The molecule has 3 nitrogen and oxygen atoms in total. The smallest absolute Gasteiger partial charge is 0.230 e. The lowest BCUT2D eigenvalue weighted by Crippen LogP contribution is -2.14. The van der Waals surface area contributed by atoms with Gasteiger partial charge in [-0.25, -0.2) is 4.98 Å². The van der Waals surface area contributed by atoms with Crippen molar-refractivity contribution in [1.82, 2.24) is 4.98 Å². The fourth-order valence-corrected chi connectivity index (χ4v) is 4.05. The van der Waals surface area contributed by atoms with Crippen LogP contribution >= 0.6 is 23.1 Å². The molecule has 2 aromatic carbocycles. The van der Waals surface area contributed by atoms with E-state index < -0.39 is 0 Å². The number of thiazole rings is 1. The van der Waals surface area contributed by atoms with Crippen molar-refractivity contribution in [2.75, 3.05) is 11.6 Å². The largest absolute Gasteiger partial charge is 0.302 e. The Labute approximate surface area is 150 Å². The van der Waals surface area contributed by atoms with Crippen LogP contribution in [0.25, 0.3) is 10.2 Å². The number of fused-ring (bicyclic) bond motifs is 1. The summed E-state index contributed by atoms with van der Waals surface area (Å²) >= 11 is 3.18. The summed E-state index contributed by atoms with van der Waals surface area (Å²) in [6, 6.07) is 14.3. The average Bonchev–Trinajstić information content (AvgIpc) is 2.97. The SMILES string of the molecule is CSc1cccc2sc(NC(=O)Cc3ccc(C(C)C)cc3)nc12. The first kappa shape index (κ1) is 17.0. The Morgan fingerprint density at radius 3 is 2.62 bits per heavy atom. The van der Waals surface area contributed by atoms with Crippen molar-refractivity contribution in [3.05, 3.63) is 53.6 Å². The third kappa shape index (κ3) is 3.79. The molecule has 3 rings (SSSR count). The van der Waals surface area contributed by atoms with Gasteiger partial charge in [-0.1, -0.05) is 55.5 Å². The highest BCUT2D eigenvalue weighted by atomic mass is 32.2. The van der Waals surface area contributed by atoms with Crippen LogP contribution in [0.4, 0.5) is 5.13 Å². The molecule has 0 unspecified atom stereocenters. The van der Waals surface area contributed by atoms with E-state index in [4.69, 9.17) is 0 Å². The second kappa shape index (κ2) is 7.36. The lowest BCUT2D eigenvalue weighted by Gasteiger charge is -2.06. The van der Waals surface area contributed by atoms with Gasteiger partial charge >= 0.3 is 0 Å². The third-order valence-electron chi connectivity index (χ3n) is 3.86. The zero-order chi connectivity index (χ0) is 17.1. The molecule has 0 saturated heterocycles. The van der Waals surface area contributed by atoms with Gasteiger partial charge < -0.3 is 5.32 Å². The maximum absolute atomic E-state index is 12.3. The lowest BCUT2D eigenvalue weighted by molar-refractivity contribution is -0.115. The number of benzene rings is 2. The van der Waals surface area contributed by atoms with Gasteiger partial charge in [0.1, 0.15) is 0 Å². The predicted octanol–water partition coefficient (Wildman–Crippen LogP) is 5.32. The molecule has 1 aromatic heterocycles. The topological polar surface area (TPSA) is 42.0 Å². The molecule has 0 aliphatic carbocycles. The Bertz CT molecular complexity index is 853. The normalized spacial score (nSPS) is 11.2. The second-order valence-corrected chi connectivity index (χ2v) is 7.83. The van der Waals surface area contributed by atoms with E-state index in [1.165, 1.54) is 16.9 Å². The molecule has 0 atom stereocenters. The molecule has 0 bridgehead atoms. The summed E-state index contributed by atoms with van der Waals surface area (Å²) in [5, 5.41) is 3.59. The third-order valence-corrected chi connectivity index (χ3v) is 5.56. The first-order valence-electron chi connectivity index (χ1n) is 7.89. The quantitative estimate of drug-likeness (QED) is 0.629. The molecule has 3 aromatic rings. The summed E-state index contributed by atoms with van der Waals surface area (Å²) in [5.41, 5.74) is 3.27. The highest BCUT2D eigenvalue weighted by Gasteiger charge is 2.11. The molecule has 0 fully saturated rings. The van der Waals surface area contributed by atoms with Gasteiger partial charge in [-0.3, -0.25) is 4.79 Å². The van der Waals surface area contributed by atoms with E-state index in [9.17, 15) is 4.79 Å². The van der Waals surface area contributed by atoms with Gasteiger partial charge in [-0.2, -0.15) is 0 Å². The van der Waals surface area contributed by atoms with Crippen molar-refractivity contribution in [3.63, 3.8) is 0 Å². The van der Waals surface area contributed by atoms with Crippen molar-refractivity contribution in [3.8, 4) is 0 Å². The van der Waals surface area contributed by atoms with Gasteiger partial charge in [0, 0.05) is 4.90 Å². The van der Waals surface area contributed by atoms with E-state index in [2.05, 4.69) is 42.3 Å². The number of nitrogens with zero attached hydrogens (tertiary/aromatic N) is 1. The van der Waals surface area contributed by atoms with Crippen LogP contribution in [0.1, 0.15) is 30.9 Å². The molecule has 0 radical (unpaired) electrons. The number of hydrogen-bond donors (Lipinski definition) is 1. The van der Waals surface area contributed by atoms with Crippen molar-refractivity contribution in [2.45, 2.75) is 31.1 Å². The molecular formula is C19H20N2OS2. The zero-order valence-electron chi connectivity index (χ0n) is 14.0. The summed E-state index contributed by atoms with van der Waals surface area (Å²) in [4.78, 5) is 18.0. The molecule has 124 valence electrons. The number of amides is 1. The summed E-state index contributed by atoms with van der Waals surface area (Å²) in [6.45, 7) is 4.33. The minimum atomic E-state index is -0.0305. The maximum Gasteiger partial charge on any atom is 0.230 e. The van der Waals surface area contributed by atoms with Crippen molar-refractivity contribution >= 4 is 44.4 Å². The number of aromatic nitrogens is 1. The summed E-state index contributed by atoms with van der Waals surface area (Å²) < 4.78 is 1.10. The number of para-hydroxylation sites is 1. The predicted molar refractivity (Wildman–Crippen MR) is 104 cm³/mol. The van der Waals surface area contributed by atoms with Crippen LogP contribution in [-0.4, -0.2) is 17.1 Å². The molecule has 0 saturated carbocycles. The number of hydrogen-bond acceptors (Lipinski definition) is 4. The Kier molecular flexibility index (Phi) is 5.21. The minimum Gasteiger partial charge on any atom is -0.302 e. The van der Waals surface area contributed by atoms with Crippen LogP contribution in [0.3, 0.4) is 0 Å². The Morgan fingerprint density at radius 1 is 1.21 bits per heavy atom. The van der Waals surface area contributed by atoms with E-state index in [-0.39, 0.29) is 5.91 Å². The summed E-state index contributed by atoms with van der Waals surface area (Å²) in [7, 11) is 0. The molecule has 24 heavy (non-hydrogen) atoms. The number of thioether (sulfide) groups is 1.